The predicted octanol–water partition coefficient (Wildman–Crippen LogP) is 5.03. The number of aliphatic hydroxyl groups excluding tert-OH is 1. The van der Waals surface area contributed by atoms with Crippen LogP contribution in [0.25, 0.3) is 38.4 Å². The van der Waals surface area contributed by atoms with E-state index in [2.05, 4.69) is 60.7 Å². The van der Waals surface area contributed by atoms with Gasteiger partial charge in [0.1, 0.15) is 0 Å². The van der Waals surface area contributed by atoms with E-state index in [0.29, 0.717) is 6.42 Å². The monoisotopic (exact) mass is 270 g/mol. The fourth-order valence-electron chi connectivity index (χ4n) is 3.76. The molecule has 1 N–H and O–H groups in total. The molecule has 0 bridgehead atoms. The van der Waals surface area contributed by atoms with E-state index in [0.717, 1.165) is 5.56 Å². The van der Waals surface area contributed by atoms with Crippen LogP contribution in [0.3, 0.4) is 0 Å². The Bertz CT molecular complexity index is 1010. The fraction of sp³-hybridized carbons (Fsp3) is 0.100. The lowest BCUT2D eigenvalue weighted by atomic mass is 9.85. The third-order valence-electron chi connectivity index (χ3n) is 4.72. The summed E-state index contributed by atoms with van der Waals surface area (Å²) < 4.78 is 0. The van der Waals surface area contributed by atoms with E-state index < -0.39 is 0 Å². The standard InChI is InChI=1S/C20H14O/c21-18-6-2-5-15-16-10-9-13-4-1-3-12-7-8-14(11-17(15)18)20(16)19(12)13/h1-5,7-11,18,21H,6H2/t18-/m0/s1. The zero-order valence-electron chi connectivity index (χ0n) is 11.5. The van der Waals surface area contributed by atoms with Crippen molar-refractivity contribution >= 4 is 38.4 Å². The van der Waals surface area contributed by atoms with Gasteiger partial charge in [-0.1, -0.05) is 54.6 Å². The molecule has 5 rings (SSSR count). The van der Waals surface area contributed by atoms with Crippen molar-refractivity contribution in [2.24, 2.45) is 0 Å². The van der Waals surface area contributed by atoms with Crippen LogP contribution in [-0.4, -0.2) is 5.11 Å². The molecule has 1 heteroatoms. The summed E-state index contributed by atoms with van der Waals surface area (Å²) in [6, 6.07) is 17.4. The van der Waals surface area contributed by atoms with Crippen LogP contribution in [0.2, 0.25) is 0 Å². The van der Waals surface area contributed by atoms with E-state index in [4.69, 9.17) is 0 Å². The first-order chi connectivity index (χ1) is 10.3. The van der Waals surface area contributed by atoms with Gasteiger partial charge in [0.25, 0.3) is 0 Å². The summed E-state index contributed by atoms with van der Waals surface area (Å²) in [4.78, 5) is 0. The van der Waals surface area contributed by atoms with Gasteiger partial charge in [-0.25, -0.2) is 0 Å². The number of benzene rings is 4. The van der Waals surface area contributed by atoms with Gasteiger partial charge in [0, 0.05) is 0 Å². The minimum absolute atomic E-state index is 0.382. The largest absolute Gasteiger partial charge is 0.388 e. The molecule has 0 amide bonds. The van der Waals surface area contributed by atoms with Crippen molar-refractivity contribution < 1.29 is 5.11 Å². The highest BCUT2D eigenvalue weighted by Crippen LogP contribution is 2.41. The van der Waals surface area contributed by atoms with Crippen molar-refractivity contribution in [3.8, 4) is 0 Å². The molecule has 1 aliphatic rings. The summed E-state index contributed by atoms with van der Waals surface area (Å²) in [6.45, 7) is 0. The molecule has 100 valence electrons. The Morgan fingerprint density at radius 2 is 1.62 bits per heavy atom. The number of aliphatic hydroxyl groups is 1. The topological polar surface area (TPSA) is 20.2 Å². The van der Waals surface area contributed by atoms with Crippen LogP contribution in [0.15, 0.2) is 54.6 Å². The van der Waals surface area contributed by atoms with E-state index in [1.54, 1.807) is 0 Å². The zero-order chi connectivity index (χ0) is 14.0. The summed E-state index contributed by atoms with van der Waals surface area (Å²) in [5.41, 5.74) is 2.24. The minimum Gasteiger partial charge on any atom is -0.388 e. The zero-order valence-corrected chi connectivity index (χ0v) is 11.5. The van der Waals surface area contributed by atoms with E-state index in [1.807, 2.05) is 0 Å². The Morgan fingerprint density at radius 3 is 2.48 bits per heavy atom. The van der Waals surface area contributed by atoms with Gasteiger partial charge in [0.15, 0.2) is 0 Å². The summed E-state index contributed by atoms with van der Waals surface area (Å²) in [6.07, 6.45) is 4.56. The van der Waals surface area contributed by atoms with Gasteiger partial charge in [-0.05, 0) is 55.9 Å². The van der Waals surface area contributed by atoms with Gasteiger partial charge in [0.05, 0.1) is 6.10 Å². The van der Waals surface area contributed by atoms with Gasteiger partial charge in [-0.3, -0.25) is 0 Å². The molecule has 0 unspecified atom stereocenters. The summed E-state index contributed by atoms with van der Waals surface area (Å²) >= 11 is 0. The first kappa shape index (κ1) is 11.3. The maximum Gasteiger partial charge on any atom is 0.0830 e. The molecule has 0 aliphatic heterocycles. The molecule has 4 aromatic rings. The van der Waals surface area contributed by atoms with Crippen molar-refractivity contribution in [1.29, 1.82) is 0 Å². The first-order valence-corrected chi connectivity index (χ1v) is 7.38. The van der Waals surface area contributed by atoms with E-state index >= 15 is 0 Å². The summed E-state index contributed by atoms with van der Waals surface area (Å²) in [5.74, 6) is 0. The molecule has 1 atom stereocenters. The normalized spacial score (nSPS) is 17.9. The van der Waals surface area contributed by atoms with Crippen molar-refractivity contribution in [2.45, 2.75) is 12.5 Å². The second-order valence-electron chi connectivity index (χ2n) is 5.89. The Labute approximate surface area is 122 Å². The van der Waals surface area contributed by atoms with Crippen LogP contribution in [-0.2, 0) is 0 Å². The highest BCUT2D eigenvalue weighted by molar-refractivity contribution is 6.24. The first-order valence-electron chi connectivity index (χ1n) is 7.38. The lowest BCUT2D eigenvalue weighted by Gasteiger charge is -2.21. The smallest absolute Gasteiger partial charge is 0.0830 e. The summed E-state index contributed by atoms with van der Waals surface area (Å²) in [7, 11) is 0. The number of hydrogen-bond donors (Lipinski definition) is 1. The number of rotatable bonds is 0. The Balaban J connectivity index is 2.10. The van der Waals surface area contributed by atoms with Crippen LogP contribution < -0.4 is 0 Å². The molecule has 0 fully saturated rings. The molecule has 0 radical (unpaired) electrons. The molecule has 0 spiro atoms. The van der Waals surface area contributed by atoms with Gasteiger partial charge < -0.3 is 5.11 Å². The second kappa shape index (κ2) is 3.84. The Hall–Kier alpha value is -2.38. The van der Waals surface area contributed by atoms with Crippen molar-refractivity contribution in [2.75, 3.05) is 0 Å². The van der Waals surface area contributed by atoms with Crippen LogP contribution in [0.5, 0.6) is 0 Å². The second-order valence-corrected chi connectivity index (χ2v) is 5.89. The summed E-state index contributed by atoms with van der Waals surface area (Å²) in [5, 5.41) is 18.0. The molecule has 1 aliphatic carbocycles. The minimum atomic E-state index is -0.382. The SMILES string of the molecule is O[C@H]1CC=Cc2c1cc1ccc3cccc4ccc2c1c34. The number of hydrogen-bond acceptors (Lipinski definition) is 1. The number of fused-ring (bicyclic) bond motifs is 2. The van der Waals surface area contributed by atoms with Crippen LogP contribution in [0, 0.1) is 0 Å². The molecular formula is C20H14O. The van der Waals surface area contributed by atoms with Crippen molar-refractivity contribution in [1.82, 2.24) is 0 Å². The lowest BCUT2D eigenvalue weighted by molar-refractivity contribution is 0.180. The molecule has 1 nitrogen and oxygen atoms in total. The van der Waals surface area contributed by atoms with Crippen LogP contribution in [0.4, 0.5) is 0 Å². The molecule has 4 aromatic carbocycles. The molecule has 0 saturated carbocycles. The predicted molar refractivity (Wildman–Crippen MR) is 88.8 cm³/mol. The molecule has 0 aromatic heterocycles. The molecule has 21 heavy (non-hydrogen) atoms. The van der Waals surface area contributed by atoms with E-state index in [9.17, 15) is 5.11 Å². The van der Waals surface area contributed by atoms with E-state index in [-0.39, 0.29) is 6.10 Å². The van der Waals surface area contributed by atoms with Gasteiger partial charge in [0.2, 0.25) is 0 Å². The highest BCUT2D eigenvalue weighted by atomic mass is 16.3. The van der Waals surface area contributed by atoms with Crippen molar-refractivity contribution in [3.63, 3.8) is 0 Å². The molecular weight excluding hydrogens is 256 g/mol. The van der Waals surface area contributed by atoms with Crippen LogP contribution in [0.1, 0.15) is 23.7 Å². The third kappa shape index (κ3) is 1.39. The molecule has 0 heterocycles. The average Bonchev–Trinajstić information content (AvgIpc) is 2.53. The quantitative estimate of drug-likeness (QED) is 0.444. The third-order valence-corrected chi connectivity index (χ3v) is 4.72. The highest BCUT2D eigenvalue weighted by Gasteiger charge is 2.19. The van der Waals surface area contributed by atoms with Gasteiger partial charge in [-0.15, -0.1) is 0 Å². The Kier molecular flexibility index (Phi) is 2.06. The maximum atomic E-state index is 10.3. The lowest BCUT2D eigenvalue weighted by Crippen LogP contribution is -2.03. The van der Waals surface area contributed by atoms with Crippen LogP contribution >= 0.6 is 0 Å². The fourth-order valence-corrected chi connectivity index (χ4v) is 3.76. The molecule has 0 saturated heterocycles. The maximum absolute atomic E-state index is 10.3. The van der Waals surface area contributed by atoms with Gasteiger partial charge in [-0.2, -0.15) is 0 Å². The average molecular weight is 270 g/mol. The van der Waals surface area contributed by atoms with Crippen molar-refractivity contribution in [3.05, 3.63) is 65.7 Å². The Morgan fingerprint density at radius 1 is 0.857 bits per heavy atom. The van der Waals surface area contributed by atoms with Gasteiger partial charge >= 0.3 is 0 Å². The van der Waals surface area contributed by atoms with E-state index in [1.165, 1.54) is 37.9 Å².